The van der Waals surface area contributed by atoms with Gasteiger partial charge in [0.2, 0.25) is 5.91 Å². The number of carboxylic acids is 1. The molecule has 0 bridgehead atoms. The van der Waals surface area contributed by atoms with Crippen LogP contribution in [0.25, 0.3) is 0 Å². The van der Waals surface area contributed by atoms with Gasteiger partial charge >= 0.3 is 12.1 Å². The third-order valence-corrected chi connectivity index (χ3v) is 2.58. The Labute approximate surface area is 122 Å². The van der Waals surface area contributed by atoms with E-state index in [1.165, 1.54) is 12.1 Å². The summed E-state index contributed by atoms with van der Waals surface area (Å²) in [6.07, 6.45) is -0.762. The van der Waals surface area contributed by atoms with E-state index in [0.29, 0.717) is 6.54 Å². The minimum Gasteiger partial charge on any atom is -0.478 e. The lowest BCUT2D eigenvalue weighted by atomic mass is 10.1. The lowest BCUT2D eigenvalue weighted by molar-refractivity contribution is -0.121. The average molecular weight is 294 g/mol. The lowest BCUT2D eigenvalue weighted by Gasteiger charge is -2.16. The van der Waals surface area contributed by atoms with E-state index >= 15 is 0 Å². The first kappa shape index (κ1) is 16.6. The predicted molar refractivity (Wildman–Crippen MR) is 74.9 cm³/mol. The van der Waals surface area contributed by atoms with Crippen LogP contribution in [-0.4, -0.2) is 48.2 Å². The van der Waals surface area contributed by atoms with E-state index in [4.69, 9.17) is 5.11 Å². The van der Waals surface area contributed by atoms with Gasteiger partial charge in [-0.3, -0.25) is 15.0 Å². The molecule has 0 saturated carbocycles. The highest BCUT2D eigenvalue weighted by Crippen LogP contribution is 2.06. The molecule has 0 heterocycles. The number of amides is 2. The molecule has 0 atom stereocenters. The van der Waals surface area contributed by atoms with Crippen LogP contribution in [0, 0.1) is 0 Å². The van der Waals surface area contributed by atoms with Crippen LogP contribution in [0.1, 0.15) is 22.8 Å². The summed E-state index contributed by atoms with van der Waals surface area (Å²) in [6, 6.07) is 6.38. The van der Waals surface area contributed by atoms with Gasteiger partial charge in [-0.1, -0.05) is 12.1 Å². The number of likely N-dealkylation sites (N-methyl/N-ethyl adjacent to an activating group) is 1. The maximum Gasteiger partial charge on any atom is 0.413 e. The van der Waals surface area contributed by atoms with E-state index in [1.54, 1.807) is 31.0 Å². The second-order valence-electron chi connectivity index (χ2n) is 4.44. The number of carbonyl (C=O) groups is 3. The van der Waals surface area contributed by atoms with Crippen LogP contribution in [0.4, 0.5) is 4.79 Å². The number of carboxylic acid groups (broad SMARTS) is 1. The zero-order chi connectivity index (χ0) is 15.8. The Morgan fingerprint density at radius 1 is 1.24 bits per heavy atom. The predicted octanol–water partition coefficient (Wildman–Crippen LogP) is 1.09. The molecule has 7 nitrogen and oxygen atoms in total. The van der Waals surface area contributed by atoms with E-state index in [-0.39, 0.29) is 18.7 Å². The van der Waals surface area contributed by atoms with Crippen LogP contribution in [0.15, 0.2) is 24.3 Å². The second kappa shape index (κ2) is 8.01. The maximum absolute atomic E-state index is 11.5. The highest BCUT2D eigenvalue weighted by molar-refractivity contribution is 5.92. The number of ether oxygens (including phenoxy) is 1. The van der Waals surface area contributed by atoms with Crippen molar-refractivity contribution in [3.05, 3.63) is 35.4 Å². The fraction of sp³-hybridized carbons (Fsp3) is 0.357. The number of hydrogen-bond acceptors (Lipinski definition) is 5. The van der Waals surface area contributed by atoms with Gasteiger partial charge in [-0.05, 0) is 31.7 Å². The van der Waals surface area contributed by atoms with Crippen molar-refractivity contribution in [2.75, 3.05) is 20.2 Å². The van der Waals surface area contributed by atoms with Crippen LogP contribution >= 0.6 is 0 Å². The molecule has 0 aliphatic rings. The Balaban J connectivity index is 2.45. The number of nitrogens with zero attached hydrogens (tertiary/aromatic N) is 1. The Morgan fingerprint density at radius 2 is 1.86 bits per heavy atom. The normalized spacial score (nSPS) is 10.2. The molecule has 7 heteroatoms. The van der Waals surface area contributed by atoms with Gasteiger partial charge in [0, 0.05) is 6.54 Å². The Bertz CT molecular complexity index is 513. The van der Waals surface area contributed by atoms with Crippen molar-refractivity contribution in [3.63, 3.8) is 0 Å². The largest absolute Gasteiger partial charge is 0.478 e. The first-order chi connectivity index (χ1) is 9.92. The SMILES string of the molecule is CCOC(=O)NC(=O)CN(C)Cc1ccc(C(=O)O)cc1. The summed E-state index contributed by atoms with van der Waals surface area (Å²) in [6.45, 7) is 2.33. The Hall–Kier alpha value is -2.41. The molecule has 1 rings (SSSR count). The molecular formula is C14H18N2O5. The molecule has 0 aliphatic heterocycles. The van der Waals surface area contributed by atoms with Crippen molar-refractivity contribution in [2.24, 2.45) is 0 Å². The molecule has 2 N–H and O–H groups in total. The molecule has 114 valence electrons. The van der Waals surface area contributed by atoms with Gasteiger partial charge < -0.3 is 9.84 Å². The van der Waals surface area contributed by atoms with E-state index in [0.717, 1.165) is 5.56 Å². The second-order valence-corrected chi connectivity index (χ2v) is 4.44. The van der Waals surface area contributed by atoms with Gasteiger partial charge in [0.1, 0.15) is 0 Å². The topological polar surface area (TPSA) is 95.9 Å². The number of hydrogen-bond donors (Lipinski definition) is 2. The van der Waals surface area contributed by atoms with Gasteiger partial charge in [-0.15, -0.1) is 0 Å². The molecule has 0 saturated heterocycles. The van der Waals surface area contributed by atoms with Gasteiger partial charge in [0.05, 0.1) is 18.7 Å². The summed E-state index contributed by atoms with van der Waals surface area (Å²) in [4.78, 5) is 35.0. The molecule has 0 radical (unpaired) electrons. The number of benzene rings is 1. The quantitative estimate of drug-likeness (QED) is 0.815. The van der Waals surface area contributed by atoms with E-state index < -0.39 is 18.0 Å². The summed E-state index contributed by atoms with van der Waals surface area (Å²) >= 11 is 0. The van der Waals surface area contributed by atoms with Crippen molar-refractivity contribution in [1.82, 2.24) is 10.2 Å². The summed E-state index contributed by atoms with van der Waals surface area (Å²) < 4.78 is 4.60. The summed E-state index contributed by atoms with van der Waals surface area (Å²) in [5.74, 6) is -1.44. The minimum atomic E-state index is -0.983. The van der Waals surface area contributed by atoms with Gasteiger partial charge in [0.15, 0.2) is 0 Å². The number of aromatic carboxylic acids is 1. The molecule has 0 spiro atoms. The molecule has 0 aromatic heterocycles. The van der Waals surface area contributed by atoms with Crippen LogP contribution in [0.5, 0.6) is 0 Å². The van der Waals surface area contributed by atoms with Crippen molar-refractivity contribution < 1.29 is 24.2 Å². The van der Waals surface area contributed by atoms with Crippen molar-refractivity contribution in [1.29, 1.82) is 0 Å². The zero-order valence-electron chi connectivity index (χ0n) is 12.0. The fourth-order valence-electron chi connectivity index (χ4n) is 1.69. The van der Waals surface area contributed by atoms with E-state index in [2.05, 4.69) is 10.1 Å². The first-order valence-corrected chi connectivity index (χ1v) is 6.39. The van der Waals surface area contributed by atoms with E-state index in [1.807, 2.05) is 0 Å². The molecule has 0 unspecified atom stereocenters. The lowest BCUT2D eigenvalue weighted by Crippen LogP contribution is -2.38. The average Bonchev–Trinajstić information content (AvgIpc) is 2.38. The molecule has 1 aromatic carbocycles. The van der Waals surface area contributed by atoms with E-state index in [9.17, 15) is 14.4 Å². The number of rotatable bonds is 6. The fourth-order valence-corrected chi connectivity index (χ4v) is 1.69. The minimum absolute atomic E-state index is 0.0273. The standard InChI is InChI=1S/C14H18N2O5/c1-3-21-14(20)15-12(17)9-16(2)8-10-4-6-11(7-5-10)13(18)19/h4-7H,3,8-9H2,1-2H3,(H,18,19)(H,15,17,20). The molecule has 1 aromatic rings. The molecule has 0 fully saturated rings. The molecule has 2 amide bonds. The van der Waals surface area contributed by atoms with Crippen LogP contribution in [0.3, 0.4) is 0 Å². The smallest absolute Gasteiger partial charge is 0.413 e. The van der Waals surface area contributed by atoms with Crippen molar-refractivity contribution in [3.8, 4) is 0 Å². The van der Waals surface area contributed by atoms with Crippen molar-refractivity contribution >= 4 is 18.0 Å². The van der Waals surface area contributed by atoms with Gasteiger partial charge in [0.25, 0.3) is 0 Å². The molecular weight excluding hydrogens is 276 g/mol. The monoisotopic (exact) mass is 294 g/mol. The third kappa shape index (κ3) is 6.05. The van der Waals surface area contributed by atoms with Crippen molar-refractivity contribution in [2.45, 2.75) is 13.5 Å². The molecule has 21 heavy (non-hydrogen) atoms. The van der Waals surface area contributed by atoms with Gasteiger partial charge in [-0.25, -0.2) is 9.59 Å². The maximum atomic E-state index is 11.5. The first-order valence-electron chi connectivity index (χ1n) is 6.39. The number of carbonyl (C=O) groups excluding carboxylic acids is 2. The number of alkyl carbamates (subject to hydrolysis) is 1. The highest BCUT2D eigenvalue weighted by Gasteiger charge is 2.11. The number of imide groups is 1. The Morgan fingerprint density at radius 3 is 2.38 bits per heavy atom. The Kier molecular flexibility index (Phi) is 6.35. The summed E-state index contributed by atoms with van der Waals surface area (Å²) in [5, 5.41) is 10.9. The summed E-state index contributed by atoms with van der Waals surface area (Å²) in [7, 11) is 1.72. The molecule has 0 aliphatic carbocycles. The van der Waals surface area contributed by atoms with Gasteiger partial charge in [-0.2, -0.15) is 0 Å². The third-order valence-electron chi connectivity index (χ3n) is 2.58. The highest BCUT2D eigenvalue weighted by atomic mass is 16.5. The number of nitrogens with one attached hydrogen (secondary N) is 1. The van der Waals surface area contributed by atoms with Crippen LogP contribution < -0.4 is 5.32 Å². The van der Waals surface area contributed by atoms with Crippen LogP contribution in [0.2, 0.25) is 0 Å². The zero-order valence-corrected chi connectivity index (χ0v) is 12.0. The summed E-state index contributed by atoms with van der Waals surface area (Å²) in [5.41, 5.74) is 1.08. The van der Waals surface area contributed by atoms with Crippen LogP contribution in [-0.2, 0) is 16.1 Å².